The number of nitrogens with one attached hydrogen (secondary N) is 1. The number of carbonyl (C=O) groups excluding carboxylic acids is 1. The van der Waals surface area contributed by atoms with Crippen molar-refractivity contribution in [2.24, 2.45) is 5.73 Å². The van der Waals surface area contributed by atoms with Crippen molar-refractivity contribution in [1.82, 2.24) is 9.97 Å². The minimum absolute atomic E-state index is 0.0452. The SMILES string of the molecule is COc1cc(C)nc(NC2CCc3ccc(C(=O)O)c(C(N)=O)c3C2)n1. The Hall–Kier alpha value is -3.16. The maximum Gasteiger partial charge on any atom is 0.336 e. The number of carboxylic acids is 1. The standard InChI is InChI=1S/C18H20N4O4/c1-9-7-14(26-2)22-18(20-9)21-11-5-3-10-4-6-12(17(24)25)15(16(19)23)13(10)8-11/h4,6-7,11H,3,5,8H2,1-2H3,(H2,19,23)(H,24,25)(H,20,21,22). The van der Waals surface area contributed by atoms with E-state index in [1.165, 1.54) is 13.2 Å². The molecule has 1 heterocycles. The number of carbonyl (C=O) groups is 2. The fourth-order valence-corrected chi connectivity index (χ4v) is 3.31. The van der Waals surface area contributed by atoms with Gasteiger partial charge in [-0.1, -0.05) is 6.07 Å². The Kier molecular flexibility index (Phi) is 4.75. The summed E-state index contributed by atoms with van der Waals surface area (Å²) >= 11 is 0. The smallest absolute Gasteiger partial charge is 0.336 e. The topological polar surface area (TPSA) is 127 Å². The molecule has 1 aliphatic rings. The Bertz CT molecular complexity index is 882. The van der Waals surface area contributed by atoms with Crippen LogP contribution in [-0.4, -0.2) is 40.1 Å². The number of benzene rings is 1. The summed E-state index contributed by atoms with van der Waals surface area (Å²) in [7, 11) is 1.54. The van der Waals surface area contributed by atoms with Crippen molar-refractivity contribution in [1.29, 1.82) is 0 Å². The molecule has 2 aromatic rings. The van der Waals surface area contributed by atoms with Crippen molar-refractivity contribution in [2.75, 3.05) is 12.4 Å². The molecule has 0 spiro atoms. The highest BCUT2D eigenvalue weighted by Crippen LogP contribution is 2.28. The van der Waals surface area contributed by atoms with Crippen LogP contribution in [0, 0.1) is 6.92 Å². The molecule has 0 fully saturated rings. The zero-order valence-corrected chi connectivity index (χ0v) is 14.6. The van der Waals surface area contributed by atoms with Gasteiger partial charge in [0.1, 0.15) is 0 Å². The van der Waals surface area contributed by atoms with E-state index < -0.39 is 11.9 Å². The molecular formula is C18H20N4O4. The van der Waals surface area contributed by atoms with Crippen LogP contribution < -0.4 is 15.8 Å². The summed E-state index contributed by atoms with van der Waals surface area (Å²) in [5.41, 5.74) is 7.89. The van der Waals surface area contributed by atoms with Crippen LogP contribution in [0.5, 0.6) is 5.88 Å². The second kappa shape index (κ2) is 6.99. The average molecular weight is 356 g/mol. The van der Waals surface area contributed by atoms with Crippen LogP contribution in [0.3, 0.4) is 0 Å². The first-order chi connectivity index (χ1) is 12.4. The summed E-state index contributed by atoms with van der Waals surface area (Å²) in [6, 6.07) is 4.89. The van der Waals surface area contributed by atoms with Crippen molar-refractivity contribution in [3.05, 3.63) is 46.1 Å². The van der Waals surface area contributed by atoms with E-state index in [0.29, 0.717) is 30.2 Å². The Labute approximate surface area is 150 Å². The number of nitrogens with zero attached hydrogens (tertiary/aromatic N) is 2. The Morgan fingerprint density at radius 2 is 2.12 bits per heavy atom. The van der Waals surface area contributed by atoms with Crippen molar-refractivity contribution in [3.8, 4) is 5.88 Å². The van der Waals surface area contributed by atoms with Crippen LogP contribution in [0.4, 0.5) is 5.95 Å². The molecule has 3 rings (SSSR count). The highest BCUT2D eigenvalue weighted by Gasteiger charge is 2.27. The van der Waals surface area contributed by atoms with Gasteiger partial charge in [0.2, 0.25) is 17.7 Å². The van der Waals surface area contributed by atoms with Crippen LogP contribution in [0.25, 0.3) is 0 Å². The number of nitrogens with two attached hydrogens (primary N) is 1. The van der Waals surface area contributed by atoms with Crippen LogP contribution in [0.2, 0.25) is 0 Å². The van der Waals surface area contributed by atoms with E-state index >= 15 is 0 Å². The van der Waals surface area contributed by atoms with E-state index in [0.717, 1.165) is 17.7 Å². The summed E-state index contributed by atoms with van der Waals surface area (Å²) in [6.45, 7) is 1.84. The third kappa shape index (κ3) is 3.44. The minimum atomic E-state index is -1.16. The van der Waals surface area contributed by atoms with Gasteiger partial charge in [-0.3, -0.25) is 4.79 Å². The number of methoxy groups -OCH3 is 1. The van der Waals surface area contributed by atoms with E-state index in [1.54, 1.807) is 12.1 Å². The molecule has 0 bridgehead atoms. The Balaban J connectivity index is 1.91. The summed E-state index contributed by atoms with van der Waals surface area (Å²) in [4.78, 5) is 31.9. The van der Waals surface area contributed by atoms with Gasteiger partial charge in [0.25, 0.3) is 0 Å². The third-order valence-electron chi connectivity index (χ3n) is 4.47. The lowest BCUT2D eigenvalue weighted by Gasteiger charge is -2.27. The molecule has 4 N–H and O–H groups in total. The van der Waals surface area contributed by atoms with E-state index in [4.69, 9.17) is 10.5 Å². The van der Waals surface area contributed by atoms with Gasteiger partial charge in [-0.05, 0) is 43.4 Å². The summed E-state index contributed by atoms with van der Waals surface area (Å²) in [6.07, 6.45) is 1.97. The molecule has 26 heavy (non-hydrogen) atoms. The number of hydrogen-bond acceptors (Lipinski definition) is 6. The van der Waals surface area contributed by atoms with Gasteiger partial charge in [0, 0.05) is 17.8 Å². The molecule has 1 amide bonds. The molecule has 8 heteroatoms. The number of hydrogen-bond donors (Lipinski definition) is 3. The highest BCUT2D eigenvalue weighted by molar-refractivity contribution is 6.05. The molecule has 1 aromatic heterocycles. The molecule has 0 aliphatic heterocycles. The van der Waals surface area contributed by atoms with Crippen molar-refractivity contribution in [3.63, 3.8) is 0 Å². The normalized spacial score (nSPS) is 15.8. The number of carboxylic acid groups (broad SMARTS) is 1. The summed E-state index contributed by atoms with van der Waals surface area (Å²) in [5, 5.41) is 12.6. The molecule has 136 valence electrons. The number of ether oxygens (including phenoxy) is 1. The van der Waals surface area contributed by atoms with Crippen molar-refractivity contribution < 1.29 is 19.4 Å². The van der Waals surface area contributed by atoms with Gasteiger partial charge in [-0.2, -0.15) is 4.98 Å². The van der Waals surface area contributed by atoms with E-state index in [1.807, 2.05) is 6.92 Å². The summed E-state index contributed by atoms with van der Waals surface area (Å²) in [5.74, 6) is -0.996. The zero-order valence-electron chi connectivity index (χ0n) is 14.6. The van der Waals surface area contributed by atoms with E-state index in [2.05, 4.69) is 15.3 Å². The first-order valence-electron chi connectivity index (χ1n) is 8.23. The Morgan fingerprint density at radius 3 is 2.77 bits per heavy atom. The minimum Gasteiger partial charge on any atom is -0.481 e. The number of aromatic nitrogens is 2. The van der Waals surface area contributed by atoms with E-state index in [9.17, 15) is 14.7 Å². The van der Waals surface area contributed by atoms with Crippen molar-refractivity contribution >= 4 is 17.8 Å². The van der Waals surface area contributed by atoms with Crippen LogP contribution in [-0.2, 0) is 12.8 Å². The largest absolute Gasteiger partial charge is 0.481 e. The fourth-order valence-electron chi connectivity index (χ4n) is 3.31. The molecule has 1 aromatic carbocycles. The molecule has 0 radical (unpaired) electrons. The molecular weight excluding hydrogens is 336 g/mol. The number of aromatic carboxylic acids is 1. The average Bonchev–Trinajstić information content (AvgIpc) is 2.59. The Morgan fingerprint density at radius 1 is 1.35 bits per heavy atom. The second-order valence-electron chi connectivity index (χ2n) is 6.25. The first-order valence-corrected chi connectivity index (χ1v) is 8.23. The van der Waals surface area contributed by atoms with Gasteiger partial charge in [0.05, 0.1) is 18.2 Å². The van der Waals surface area contributed by atoms with E-state index in [-0.39, 0.29) is 17.2 Å². The molecule has 8 nitrogen and oxygen atoms in total. The number of aryl methyl sites for hydroxylation is 2. The van der Waals surface area contributed by atoms with Crippen LogP contribution in [0.1, 0.15) is 44.0 Å². The van der Waals surface area contributed by atoms with Gasteiger partial charge in [-0.15, -0.1) is 0 Å². The predicted molar refractivity (Wildman–Crippen MR) is 94.7 cm³/mol. The van der Waals surface area contributed by atoms with Crippen molar-refractivity contribution in [2.45, 2.75) is 32.2 Å². The molecule has 1 unspecified atom stereocenters. The first kappa shape index (κ1) is 17.7. The number of amides is 1. The number of fused-ring (bicyclic) bond motifs is 1. The quantitative estimate of drug-likeness (QED) is 0.742. The lowest BCUT2D eigenvalue weighted by atomic mass is 9.83. The maximum atomic E-state index is 11.9. The number of rotatable bonds is 5. The highest BCUT2D eigenvalue weighted by atomic mass is 16.5. The third-order valence-corrected chi connectivity index (χ3v) is 4.47. The molecule has 1 atom stereocenters. The van der Waals surface area contributed by atoms with Gasteiger partial charge < -0.3 is 20.9 Å². The van der Waals surface area contributed by atoms with Crippen LogP contribution >= 0.6 is 0 Å². The molecule has 1 aliphatic carbocycles. The van der Waals surface area contributed by atoms with Gasteiger partial charge >= 0.3 is 5.97 Å². The molecule has 0 saturated carbocycles. The van der Waals surface area contributed by atoms with Gasteiger partial charge in [0.15, 0.2) is 0 Å². The lowest BCUT2D eigenvalue weighted by Crippen LogP contribution is -2.31. The lowest BCUT2D eigenvalue weighted by molar-refractivity contribution is 0.0691. The monoisotopic (exact) mass is 356 g/mol. The van der Waals surface area contributed by atoms with Gasteiger partial charge in [-0.25, -0.2) is 9.78 Å². The zero-order chi connectivity index (χ0) is 18.8. The number of anilines is 1. The second-order valence-corrected chi connectivity index (χ2v) is 6.25. The van der Waals surface area contributed by atoms with Crippen LogP contribution in [0.15, 0.2) is 18.2 Å². The predicted octanol–water partition coefficient (Wildman–Crippen LogP) is 1.56. The molecule has 0 saturated heterocycles. The number of primary amides is 1. The summed E-state index contributed by atoms with van der Waals surface area (Å²) < 4.78 is 5.16. The maximum absolute atomic E-state index is 11.9. The fraction of sp³-hybridized carbons (Fsp3) is 0.333.